The SMILES string of the molecule is CC(C)CCN1C(=O)C(C)(C)COc2cc(NC(=O)c3nc4ccccc4s3)ccc21. The Balaban J connectivity index is 1.60. The summed E-state index contributed by atoms with van der Waals surface area (Å²) in [6.07, 6.45) is 0.900. The van der Waals surface area contributed by atoms with E-state index in [1.54, 1.807) is 12.1 Å². The summed E-state index contributed by atoms with van der Waals surface area (Å²) in [7, 11) is 0. The molecule has 162 valence electrons. The first kappa shape index (κ1) is 21.3. The minimum atomic E-state index is -0.625. The maximum Gasteiger partial charge on any atom is 0.284 e. The van der Waals surface area contributed by atoms with Gasteiger partial charge in [0.15, 0.2) is 5.01 Å². The van der Waals surface area contributed by atoms with Gasteiger partial charge in [-0.1, -0.05) is 26.0 Å². The van der Waals surface area contributed by atoms with Gasteiger partial charge in [0.05, 0.1) is 21.3 Å². The molecule has 0 saturated carbocycles. The number of nitrogens with one attached hydrogen (secondary N) is 1. The summed E-state index contributed by atoms with van der Waals surface area (Å²) in [5, 5.41) is 3.32. The second-order valence-corrected chi connectivity index (χ2v) is 9.97. The Morgan fingerprint density at radius 1 is 1.26 bits per heavy atom. The van der Waals surface area contributed by atoms with Gasteiger partial charge in [-0.25, -0.2) is 4.98 Å². The molecule has 2 heterocycles. The van der Waals surface area contributed by atoms with Crippen LogP contribution in [0.2, 0.25) is 0 Å². The van der Waals surface area contributed by atoms with Crippen LogP contribution in [-0.4, -0.2) is 29.9 Å². The number of nitrogens with zero attached hydrogens (tertiary/aromatic N) is 2. The molecule has 1 aromatic heterocycles. The predicted octanol–water partition coefficient (Wildman–Crippen LogP) is 5.35. The molecule has 1 N–H and O–H groups in total. The van der Waals surface area contributed by atoms with Crippen molar-refractivity contribution >= 4 is 44.7 Å². The molecule has 0 fully saturated rings. The van der Waals surface area contributed by atoms with Gasteiger partial charge < -0.3 is 15.0 Å². The van der Waals surface area contributed by atoms with E-state index in [1.807, 2.05) is 49.1 Å². The number of thiazole rings is 1. The van der Waals surface area contributed by atoms with Crippen LogP contribution in [0.3, 0.4) is 0 Å². The number of hydrogen-bond acceptors (Lipinski definition) is 5. The van der Waals surface area contributed by atoms with Crippen molar-refractivity contribution in [3.05, 3.63) is 47.5 Å². The van der Waals surface area contributed by atoms with Gasteiger partial charge in [-0.3, -0.25) is 9.59 Å². The number of rotatable bonds is 5. The molecule has 0 saturated heterocycles. The number of anilines is 2. The van der Waals surface area contributed by atoms with Gasteiger partial charge in [-0.2, -0.15) is 0 Å². The summed E-state index contributed by atoms with van der Waals surface area (Å²) in [5.41, 5.74) is 1.54. The molecule has 1 aliphatic rings. The minimum Gasteiger partial charge on any atom is -0.490 e. The molecule has 0 aliphatic carbocycles. The number of ether oxygens (including phenoxy) is 1. The van der Waals surface area contributed by atoms with Crippen LogP contribution in [0.15, 0.2) is 42.5 Å². The van der Waals surface area contributed by atoms with Crippen molar-refractivity contribution in [3.8, 4) is 5.75 Å². The average molecular weight is 438 g/mol. The fourth-order valence-corrected chi connectivity index (χ4v) is 4.35. The average Bonchev–Trinajstić information content (AvgIpc) is 3.14. The van der Waals surface area contributed by atoms with Gasteiger partial charge in [-0.15, -0.1) is 11.3 Å². The molecular formula is C24H27N3O3S. The molecule has 0 spiro atoms. The van der Waals surface area contributed by atoms with E-state index in [1.165, 1.54) is 11.3 Å². The minimum absolute atomic E-state index is 0.0539. The van der Waals surface area contributed by atoms with Gasteiger partial charge in [0, 0.05) is 18.3 Å². The Kier molecular flexibility index (Phi) is 5.71. The van der Waals surface area contributed by atoms with Crippen LogP contribution in [0.4, 0.5) is 11.4 Å². The van der Waals surface area contributed by atoms with Crippen LogP contribution in [0.5, 0.6) is 5.75 Å². The smallest absolute Gasteiger partial charge is 0.284 e. The van der Waals surface area contributed by atoms with E-state index in [2.05, 4.69) is 24.1 Å². The fourth-order valence-electron chi connectivity index (χ4n) is 3.49. The van der Waals surface area contributed by atoms with E-state index in [0.29, 0.717) is 28.9 Å². The highest BCUT2D eigenvalue weighted by Crippen LogP contribution is 2.38. The predicted molar refractivity (Wildman–Crippen MR) is 125 cm³/mol. The first-order valence-corrected chi connectivity index (χ1v) is 11.3. The van der Waals surface area contributed by atoms with Crippen molar-refractivity contribution in [2.24, 2.45) is 11.3 Å². The largest absolute Gasteiger partial charge is 0.490 e. The molecular weight excluding hydrogens is 410 g/mol. The molecule has 2 amide bonds. The molecule has 0 unspecified atom stereocenters. The first-order valence-electron chi connectivity index (χ1n) is 10.5. The lowest BCUT2D eigenvalue weighted by Crippen LogP contribution is -2.42. The van der Waals surface area contributed by atoms with Gasteiger partial charge in [0.2, 0.25) is 5.91 Å². The van der Waals surface area contributed by atoms with E-state index >= 15 is 0 Å². The standard InChI is InChI=1S/C24H27N3O3S/c1-15(2)11-12-27-18-10-9-16(13-19(18)30-14-24(3,4)23(27)29)25-21(28)22-26-17-7-5-6-8-20(17)31-22/h5-10,13,15H,11-12,14H2,1-4H3,(H,25,28). The third kappa shape index (κ3) is 4.42. The monoisotopic (exact) mass is 437 g/mol. The highest BCUT2D eigenvalue weighted by atomic mass is 32.1. The van der Waals surface area contributed by atoms with Gasteiger partial charge in [-0.05, 0) is 50.5 Å². The highest BCUT2D eigenvalue weighted by Gasteiger charge is 2.37. The number of amides is 2. The van der Waals surface area contributed by atoms with Gasteiger partial charge in [0.1, 0.15) is 12.4 Å². The van der Waals surface area contributed by atoms with Crippen molar-refractivity contribution in [2.45, 2.75) is 34.1 Å². The highest BCUT2D eigenvalue weighted by molar-refractivity contribution is 7.20. The normalized spacial score (nSPS) is 15.5. The molecule has 31 heavy (non-hydrogen) atoms. The number of fused-ring (bicyclic) bond motifs is 2. The van der Waals surface area contributed by atoms with Crippen molar-refractivity contribution in [1.29, 1.82) is 0 Å². The molecule has 0 bridgehead atoms. The number of benzene rings is 2. The Morgan fingerprint density at radius 2 is 2.03 bits per heavy atom. The summed E-state index contributed by atoms with van der Waals surface area (Å²) < 4.78 is 6.99. The molecule has 0 radical (unpaired) electrons. The van der Waals surface area contributed by atoms with E-state index in [4.69, 9.17) is 4.74 Å². The maximum absolute atomic E-state index is 13.1. The summed E-state index contributed by atoms with van der Waals surface area (Å²) in [6, 6.07) is 13.1. The molecule has 7 heteroatoms. The van der Waals surface area contributed by atoms with Gasteiger partial charge >= 0.3 is 0 Å². The molecule has 0 atom stereocenters. The van der Waals surface area contributed by atoms with Crippen molar-refractivity contribution in [1.82, 2.24) is 4.98 Å². The number of carbonyl (C=O) groups is 2. The van der Waals surface area contributed by atoms with Crippen LogP contribution in [0.25, 0.3) is 10.2 Å². The third-order valence-electron chi connectivity index (χ3n) is 5.34. The lowest BCUT2D eigenvalue weighted by molar-refractivity contribution is -0.127. The quantitative estimate of drug-likeness (QED) is 0.584. The first-order chi connectivity index (χ1) is 14.7. The van der Waals surface area contributed by atoms with E-state index < -0.39 is 5.41 Å². The van der Waals surface area contributed by atoms with Crippen LogP contribution in [0, 0.1) is 11.3 Å². The van der Waals surface area contributed by atoms with Crippen LogP contribution in [0.1, 0.15) is 43.9 Å². The number of carbonyl (C=O) groups excluding carboxylic acids is 2. The Hall–Kier alpha value is -2.93. The number of para-hydroxylation sites is 1. The molecule has 6 nitrogen and oxygen atoms in total. The Morgan fingerprint density at radius 3 is 2.77 bits per heavy atom. The zero-order chi connectivity index (χ0) is 22.2. The van der Waals surface area contributed by atoms with Crippen molar-refractivity contribution < 1.29 is 14.3 Å². The van der Waals surface area contributed by atoms with Crippen molar-refractivity contribution in [3.63, 3.8) is 0 Å². The molecule has 1 aliphatic heterocycles. The molecule has 3 aromatic rings. The molecule has 2 aromatic carbocycles. The summed E-state index contributed by atoms with van der Waals surface area (Å²) in [6.45, 7) is 9.01. The maximum atomic E-state index is 13.1. The Labute approximate surface area is 186 Å². The van der Waals surface area contributed by atoms with Crippen LogP contribution < -0.4 is 15.0 Å². The second kappa shape index (κ2) is 8.30. The van der Waals surface area contributed by atoms with Gasteiger partial charge in [0.25, 0.3) is 5.91 Å². The summed E-state index contributed by atoms with van der Waals surface area (Å²) in [5.74, 6) is 0.877. The lowest BCUT2D eigenvalue weighted by Gasteiger charge is -2.28. The zero-order valence-electron chi connectivity index (χ0n) is 18.3. The summed E-state index contributed by atoms with van der Waals surface area (Å²) in [4.78, 5) is 32.1. The van der Waals surface area contributed by atoms with Crippen LogP contribution >= 0.6 is 11.3 Å². The summed E-state index contributed by atoms with van der Waals surface area (Å²) >= 11 is 1.36. The van der Waals surface area contributed by atoms with E-state index in [-0.39, 0.29) is 18.4 Å². The van der Waals surface area contributed by atoms with E-state index in [9.17, 15) is 9.59 Å². The molecule has 4 rings (SSSR count). The Bertz CT molecular complexity index is 1100. The number of hydrogen-bond donors (Lipinski definition) is 1. The van der Waals surface area contributed by atoms with E-state index in [0.717, 1.165) is 22.3 Å². The second-order valence-electron chi connectivity index (χ2n) is 8.94. The fraction of sp³-hybridized carbons (Fsp3) is 0.375. The van der Waals surface area contributed by atoms with Crippen molar-refractivity contribution in [2.75, 3.05) is 23.4 Å². The van der Waals surface area contributed by atoms with Crippen LogP contribution in [-0.2, 0) is 4.79 Å². The third-order valence-corrected chi connectivity index (χ3v) is 6.37. The topological polar surface area (TPSA) is 71.5 Å². The zero-order valence-corrected chi connectivity index (χ0v) is 19.1. The number of aromatic nitrogens is 1. The lowest BCUT2D eigenvalue weighted by atomic mass is 9.92.